The van der Waals surface area contributed by atoms with Crippen molar-refractivity contribution >= 4 is 5.78 Å². The van der Waals surface area contributed by atoms with E-state index in [9.17, 15) is 4.79 Å². The molecule has 0 aromatic heterocycles. The average Bonchev–Trinajstić information content (AvgIpc) is 2.03. The summed E-state index contributed by atoms with van der Waals surface area (Å²) in [5, 5.41) is 0. The van der Waals surface area contributed by atoms with Crippen LogP contribution in [0.5, 0.6) is 0 Å². The lowest BCUT2D eigenvalue weighted by Gasteiger charge is -2.08. The minimum Gasteiger partial charge on any atom is -0.309 e. The lowest BCUT2D eigenvalue weighted by atomic mass is 10.1. The molecule has 0 atom stereocenters. The molecule has 0 bridgehead atoms. The van der Waals surface area contributed by atoms with E-state index in [0.717, 1.165) is 32.2 Å². The van der Waals surface area contributed by atoms with Crippen molar-refractivity contribution in [3.63, 3.8) is 0 Å². The largest absolute Gasteiger partial charge is 0.309 e. The predicted molar refractivity (Wildman–Crippen MR) is 56.9 cm³/mol. The van der Waals surface area contributed by atoms with Crippen LogP contribution in [0.15, 0.2) is 0 Å². The van der Waals surface area contributed by atoms with Crippen LogP contribution in [0, 0.1) is 0 Å². The van der Waals surface area contributed by atoms with Crippen LogP contribution in [-0.2, 0) is 4.79 Å². The Bertz CT molecular complexity index is 132. The van der Waals surface area contributed by atoms with Crippen LogP contribution in [0.3, 0.4) is 0 Å². The van der Waals surface area contributed by atoms with E-state index in [4.69, 9.17) is 0 Å². The molecule has 0 saturated heterocycles. The molecule has 0 radical (unpaired) electrons. The van der Waals surface area contributed by atoms with Gasteiger partial charge < -0.3 is 4.90 Å². The summed E-state index contributed by atoms with van der Waals surface area (Å²) in [5.41, 5.74) is 0. The molecule has 0 aliphatic rings. The van der Waals surface area contributed by atoms with Crippen LogP contribution in [0.4, 0.5) is 0 Å². The molecule has 0 aliphatic heterocycles. The Hall–Kier alpha value is -0.370. The van der Waals surface area contributed by atoms with Crippen molar-refractivity contribution in [2.24, 2.45) is 0 Å². The molecule has 78 valence electrons. The van der Waals surface area contributed by atoms with Crippen LogP contribution in [-0.4, -0.2) is 31.3 Å². The molecule has 0 aromatic rings. The molecular weight excluding hydrogens is 162 g/mol. The zero-order valence-corrected chi connectivity index (χ0v) is 9.31. The van der Waals surface area contributed by atoms with E-state index in [0.29, 0.717) is 5.78 Å². The van der Waals surface area contributed by atoms with Gasteiger partial charge >= 0.3 is 0 Å². The summed E-state index contributed by atoms with van der Waals surface area (Å²) in [6.45, 7) is 3.20. The molecule has 0 aromatic carbocycles. The summed E-state index contributed by atoms with van der Waals surface area (Å²) in [4.78, 5) is 13.3. The molecule has 0 saturated carbocycles. The van der Waals surface area contributed by atoms with Crippen molar-refractivity contribution in [3.8, 4) is 0 Å². The summed E-state index contributed by atoms with van der Waals surface area (Å²) in [7, 11) is 4.17. The van der Waals surface area contributed by atoms with Crippen LogP contribution in [0.1, 0.15) is 45.4 Å². The molecule has 0 heterocycles. The number of carbonyl (C=O) groups excluding carboxylic acids is 1. The van der Waals surface area contributed by atoms with Gasteiger partial charge in [-0.25, -0.2) is 0 Å². The zero-order valence-electron chi connectivity index (χ0n) is 9.31. The van der Waals surface area contributed by atoms with E-state index in [1.165, 1.54) is 12.8 Å². The van der Waals surface area contributed by atoms with Gasteiger partial charge in [-0.15, -0.1) is 0 Å². The highest BCUT2D eigenvalue weighted by atomic mass is 16.1. The molecule has 0 rings (SSSR count). The van der Waals surface area contributed by atoms with Gasteiger partial charge in [-0.3, -0.25) is 4.79 Å². The van der Waals surface area contributed by atoms with E-state index in [2.05, 4.69) is 25.9 Å². The Balaban J connectivity index is 3.11. The third-order valence-electron chi connectivity index (χ3n) is 2.09. The normalized spacial score (nSPS) is 10.8. The van der Waals surface area contributed by atoms with Gasteiger partial charge in [0.2, 0.25) is 0 Å². The lowest BCUT2D eigenvalue weighted by molar-refractivity contribution is -0.119. The number of Topliss-reactive ketones (excluding diaryl/α,β-unsaturated/α-hetero) is 1. The molecule has 0 spiro atoms. The van der Waals surface area contributed by atoms with Gasteiger partial charge in [0.05, 0.1) is 0 Å². The minimum absolute atomic E-state index is 0.437. The summed E-state index contributed by atoms with van der Waals surface area (Å²) < 4.78 is 0. The number of hydrogen-bond donors (Lipinski definition) is 0. The van der Waals surface area contributed by atoms with E-state index >= 15 is 0 Å². The fourth-order valence-electron chi connectivity index (χ4n) is 1.33. The van der Waals surface area contributed by atoms with Gasteiger partial charge in [0, 0.05) is 12.8 Å². The first-order chi connectivity index (χ1) is 6.16. The van der Waals surface area contributed by atoms with E-state index in [-0.39, 0.29) is 0 Å². The van der Waals surface area contributed by atoms with Crippen molar-refractivity contribution in [2.45, 2.75) is 45.4 Å². The Morgan fingerprint density at radius 1 is 1.08 bits per heavy atom. The summed E-state index contributed by atoms with van der Waals surface area (Å²) in [6.07, 6.45) is 6.04. The summed E-state index contributed by atoms with van der Waals surface area (Å²) >= 11 is 0. The van der Waals surface area contributed by atoms with Gasteiger partial charge in [-0.2, -0.15) is 0 Å². The molecule has 13 heavy (non-hydrogen) atoms. The third kappa shape index (κ3) is 9.54. The minimum atomic E-state index is 0.437. The van der Waals surface area contributed by atoms with E-state index in [1.54, 1.807) is 0 Å². The maximum atomic E-state index is 11.1. The predicted octanol–water partition coefficient (Wildman–Crippen LogP) is 2.48. The Morgan fingerprint density at radius 2 is 1.77 bits per heavy atom. The molecule has 0 amide bonds. The maximum Gasteiger partial charge on any atom is 0.132 e. The second-order valence-electron chi connectivity index (χ2n) is 3.90. The number of nitrogens with zero attached hydrogens (tertiary/aromatic N) is 1. The number of rotatable bonds is 8. The SMILES string of the molecule is CCCC(=O)CCCCCN(C)C. The van der Waals surface area contributed by atoms with Crippen molar-refractivity contribution in [2.75, 3.05) is 20.6 Å². The molecule has 0 aliphatic carbocycles. The first kappa shape index (κ1) is 12.6. The van der Waals surface area contributed by atoms with Gasteiger partial charge in [0.25, 0.3) is 0 Å². The quantitative estimate of drug-likeness (QED) is 0.541. The number of hydrogen-bond acceptors (Lipinski definition) is 2. The number of carbonyl (C=O) groups is 1. The highest BCUT2D eigenvalue weighted by Gasteiger charge is 1.99. The Morgan fingerprint density at radius 3 is 2.31 bits per heavy atom. The summed E-state index contributed by atoms with van der Waals surface area (Å²) in [5.74, 6) is 0.437. The zero-order chi connectivity index (χ0) is 10.1. The molecular formula is C11H23NO. The molecule has 2 nitrogen and oxygen atoms in total. The van der Waals surface area contributed by atoms with Crippen molar-refractivity contribution < 1.29 is 4.79 Å². The topological polar surface area (TPSA) is 20.3 Å². The van der Waals surface area contributed by atoms with E-state index < -0.39 is 0 Å². The summed E-state index contributed by atoms with van der Waals surface area (Å²) in [6, 6.07) is 0. The lowest BCUT2D eigenvalue weighted by Crippen LogP contribution is -2.12. The maximum absolute atomic E-state index is 11.1. The molecule has 2 heteroatoms. The average molecular weight is 185 g/mol. The van der Waals surface area contributed by atoms with Crippen LogP contribution in [0.2, 0.25) is 0 Å². The Kier molecular flexibility index (Phi) is 8.00. The third-order valence-corrected chi connectivity index (χ3v) is 2.09. The molecule has 0 fully saturated rings. The van der Waals surface area contributed by atoms with Crippen LogP contribution >= 0.6 is 0 Å². The van der Waals surface area contributed by atoms with Gasteiger partial charge in [0.1, 0.15) is 5.78 Å². The second kappa shape index (κ2) is 8.24. The highest BCUT2D eigenvalue weighted by molar-refractivity contribution is 5.78. The van der Waals surface area contributed by atoms with Crippen LogP contribution < -0.4 is 0 Å². The molecule has 0 N–H and O–H groups in total. The smallest absolute Gasteiger partial charge is 0.132 e. The fraction of sp³-hybridized carbons (Fsp3) is 0.909. The molecule has 0 unspecified atom stereocenters. The van der Waals surface area contributed by atoms with E-state index in [1.807, 2.05) is 0 Å². The Labute approximate surface area is 82.3 Å². The van der Waals surface area contributed by atoms with Gasteiger partial charge in [-0.1, -0.05) is 13.3 Å². The van der Waals surface area contributed by atoms with Gasteiger partial charge in [0.15, 0.2) is 0 Å². The monoisotopic (exact) mass is 185 g/mol. The van der Waals surface area contributed by atoms with Crippen molar-refractivity contribution in [1.29, 1.82) is 0 Å². The highest BCUT2D eigenvalue weighted by Crippen LogP contribution is 2.03. The number of unbranched alkanes of at least 4 members (excludes halogenated alkanes) is 2. The fourth-order valence-corrected chi connectivity index (χ4v) is 1.33. The second-order valence-corrected chi connectivity index (χ2v) is 3.90. The van der Waals surface area contributed by atoms with Gasteiger partial charge in [-0.05, 0) is 39.9 Å². The first-order valence-corrected chi connectivity index (χ1v) is 5.33. The van der Waals surface area contributed by atoms with Crippen molar-refractivity contribution in [3.05, 3.63) is 0 Å². The standard InChI is InChI=1S/C11H23NO/c1-4-8-11(13)9-6-5-7-10-12(2)3/h4-10H2,1-3H3. The van der Waals surface area contributed by atoms with Crippen LogP contribution in [0.25, 0.3) is 0 Å². The first-order valence-electron chi connectivity index (χ1n) is 5.33. The van der Waals surface area contributed by atoms with Crippen molar-refractivity contribution in [1.82, 2.24) is 4.90 Å². The number of ketones is 1.